The normalized spacial score (nSPS) is 12.3. The van der Waals surface area contributed by atoms with E-state index in [0.717, 1.165) is 32.5 Å². The Morgan fingerprint density at radius 1 is 1.40 bits per heavy atom. The van der Waals surface area contributed by atoms with Crippen LogP contribution in [0.4, 0.5) is 0 Å². The molecule has 1 aromatic rings. The average Bonchev–Trinajstić information content (AvgIpc) is 2.43. The van der Waals surface area contributed by atoms with E-state index in [2.05, 4.69) is 23.7 Å². The molecule has 0 radical (unpaired) electrons. The second-order valence-electron chi connectivity index (χ2n) is 4.84. The number of aromatic amines is 1. The molecule has 0 aliphatic rings. The Kier molecular flexibility index (Phi) is 6.19. The molecule has 0 fully saturated rings. The van der Waals surface area contributed by atoms with Crippen molar-refractivity contribution in [1.29, 1.82) is 5.26 Å². The Hall–Kier alpha value is -1.87. The molecule has 1 rings (SSSR count). The quantitative estimate of drug-likeness (QED) is 0.809. The lowest BCUT2D eigenvalue weighted by Gasteiger charge is -2.20. The molecule has 0 aliphatic carbocycles. The highest BCUT2D eigenvalue weighted by Crippen LogP contribution is 2.10. The number of hydrogen-bond donors (Lipinski definition) is 1. The summed E-state index contributed by atoms with van der Waals surface area (Å²) in [4.78, 5) is 27.6. The molecule has 1 unspecified atom stereocenters. The summed E-state index contributed by atoms with van der Waals surface area (Å²) in [7, 11) is 0. The Morgan fingerprint density at radius 3 is 2.60 bits per heavy atom. The van der Waals surface area contributed by atoms with E-state index in [1.807, 2.05) is 6.92 Å². The van der Waals surface area contributed by atoms with Crippen molar-refractivity contribution in [3.63, 3.8) is 0 Å². The number of rotatable bonds is 7. The van der Waals surface area contributed by atoms with Gasteiger partial charge in [-0.1, -0.05) is 13.8 Å². The van der Waals surface area contributed by atoms with Gasteiger partial charge in [0, 0.05) is 12.2 Å². The van der Waals surface area contributed by atoms with Gasteiger partial charge in [0.1, 0.15) is 11.6 Å². The smallest absolute Gasteiger partial charge is 0.304 e. The minimum Gasteiger partial charge on any atom is -0.304 e. The van der Waals surface area contributed by atoms with Gasteiger partial charge in [0.2, 0.25) is 0 Å². The monoisotopic (exact) mass is 278 g/mol. The van der Waals surface area contributed by atoms with Crippen LogP contribution in [0.15, 0.2) is 15.8 Å². The molecule has 0 spiro atoms. The van der Waals surface area contributed by atoms with Crippen molar-refractivity contribution in [3.8, 4) is 6.07 Å². The molecule has 0 saturated heterocycles. The third kappa shape index (κ3) is 4.07. The van der Waals surface area contributed by atoms with E-state index in [4.69, 9.17) is 5.26 Å². The Labute approximate surface area is 118 Å². The molecule has 0 saturated carbocycles. The topological polar surface area (TPSA) is 81.9 Å². The lowest BCUT2D eigenvalue weighted by Crippen LogP contribution is -2.33. The zero-order valence-electron chi connectivity index (χ0n) is 12.3. The van der Waals surface area contributed by atoms with E-state index >= 15 is 0 Å². The summed E-state index contributed by atoms with van der Waals surface area (Å²) < 4.78 is 1.43. The Bertz CT molecular complexity index is 578. The molecule has 6 nitrogen and oxygen atoms in total. The highest BCUT2D eigenvalue weighted by Gasteiger charge is 2.10. The number of hydrogen-bond acceptors (Lipinski definition) is 4. The molecule has 6 heteroatoms. The van der Waals surface area contributed by atoms with Gasteiger partial charge >= 0.3 is 5.69 Å². The first kappa shape index (κ1) is 16.2. The maximum Gasteiger partial charge on any atom is 0.328 e. The molecule has 20 heavy (non-hydrogen) atoms. The van der Waals surface area contributed by atoms with Crippen LogP contribution in [0.25, 0.3) is 0 Å². The molecule has 0 amide bonds. The SMILES string of the molecule is CCN(CC)CCCC(C)n1cc(C#N)c(=O)[nH]c1=O. The van der Waals surface area contributed by atoms with Gasteiger partial charge in [-0.15, -0.1) is 0 Å². The van der Waals surface area contributed by atoms with Crippen molar-refractivity contribution in [2.45, 2.75) is 39.7 Å². The van der Waals surface area contributed by atoms with Gasteiger partial charge in [0.15, 0.2) is 0 Å². The summed E-state index contributed by atoms with van der Waals surface area (Å²) >= 11 is 0. The van der Waals surface area contributed by atoms with E-state index in [1.165, 1.54) is 10.8 Å². The van der Waals surface area contributed by atoms with Gasteiger partial charge in [0.25, 0.3) is 5.56 Å². The lowest BCUT2D eigenvalue weighted by atomic mass is 10.1. The van der Waals surface area contributed by atoms with Crippen LogP contribution < -0.4 is 11.2 Å². The number of nitrogens with one attached hydrogen (secondary N) is 1. The van der Waals surface area contributed by atoms with E-state index in [0.29, 0.717) is 0 Å². The van der Waals surface area contributed by atoms with E-state index in [1.54, 1.807) is 6.07 Å². The highest BCUT2D eigenvalue weighted by molar-refractivity contribution is 5.21. The van der Waals surface area contributed by atoms with Crippen LogP contribution in [-0.4, -0.2) is 34.1 Å². The third-order valence-corrected chi connectivity index (χ3v) is 3.55. The molecule has 0 bridgehead atoms. The van der Waals surface area contributed by atoms with Gasteiger partial charge in [-0.2, -0.15) is 5.26 Å². The van der Waals surface area contributed by atoms with Gasteiger partial charge in [-0.3, -0.25) is 14.3 Å². The largest absolute Gasteiger partial charge is 0.328 e. The van der Waals surface area contributed by atoms with Crippen LogP contribution in [0.2, 0.25) is 0 Å². The van der Waals surface area contributed by atoms with Crippen molar-refractivity contribution < 1.29 is 0 Å². The molecule has 110 valence electrons. The maximum atomic E-state index is 11.7. The first-order valence-electron chi connectivity index (χ1n) is 7.01. The van der Waals surface area contributed by atoms with Crippen LogP contribution in [0, 0.1) is 11.3 Å². The number of H-pyrrole nitrogens is 1. The summed E-state index contributed by atoms with van der Waals surface area (Å²) in [5.74, 6) is 0. The average molecular weight is 278 g/mol. The zero-order valence-corrected chi connectivity index (χ0v) is 12.3. The first-order valence-corrected chi connectivity index (χ1v) is 7.01. The van der Waals surface area contributed by atoms with Crippen molar-refractivity contribution >= 4 is 0 Å². The standard InChI is InChI=1S/C14H22N4O2/c1-4-17(5-2)8-6-7-11(3)18-10-12(9-15)13(19)16-14(18)20/h10-11H,4-8H2,1-3H3,(H,16,19,20). The van der Waals surface area contributed by atoms with Crippen LogP contribution >= 0.6 is 0 Å². The number of nitriles is 1. The Morgan fingerprint density at radius 2 is 2.05 bits per heavy atom. The van der Waals surface area contributed by atoms with Gasteiger partial charge in [-0.05, 0) is 39.4 Å². The minimum atomic E-state index is -0.621. The van der Waals surface area contributed by atoms with Gasteiger partial charge in [-0.25, -0.2) is 4.79 Å². The molecule has 1 aromatic heterocycles. The van der Waals surface area contributed by atoms with Crippen molar-refractivity contribution in [1.82, 2.24) is 14.5 Å². The second kappa shape index (κ2) is 7.65. The van der Waals surface area contributed by atoms with E-state index in [-0.39, 0.29) is 11.6 Å². The first-order chi connectivity index (χ1) is 9.53. The fourth-order valence-corrected chi connectivity index (χ4v) is 2.18. The molecule has 1 N–H and O–H groups in total. The third-order valence-electron chi connectivity index (χ3n) is 3.55. The van der Waals surface area contributed by atoms with Crippen molar-refractivity contribution in [2.75, 3.05) is 19.6 Å². The molecule has 1 heterocycles. The highest BCUT2D eigenvalue weighted by atomic mass is 16.2. The van der Waals surface area contributed by atoms with Crippen LogP contribution in [-0.2, 0) is 0 Å². The fourth-order valence-electron chi connectivity index (χ4n) is 2.18. The summed E-state index contributed by atoms with van der Waals surface area (Å²) in [6.45, 7) is 9.19. The maximum absolute atomic E-state index is 11.7. The predicted molar refractivity (Wildman–Crippen MR) is 77.8 cm³/mol. The molecule has 0 aromatic carbocycles. The number of nitrogens with zero attached hydrogens (tertiary/aromatic N) is 3. The Balaban J connectivity index is 2.73. The van der Waals surface area contributed by atoms with Crippen molar-refractivity contribution in [3.05, 3.63) is 32.6 Å². The van der Waals surface area contributed by atoms with Crippen molar-refractivity contribution in [2.24, 2.45) is 0 Å². The summed E-state index contributed by atoms with van der Waals surface area (Å²) in [6, 6.07) is 1.76. The number of aromatic nitrogens is 2. The van der Waals surface area contributed by atoms with Crippen LogP contribution in [0.3, 0.4) is 0 Å². The molecular weight excluding hydrogens is 256 g/mol. The minimum absolute atomic E-state index is 0.0276. The molecular formula is C14H22N4O2. The van der Waals surface area contributed by atoms with Crippen LogP contribution in [0.1, 0.15) is 45.2 Å². The van der Waals surface area contributed by atoms with Gasteiger partial charge in [0.05, 0.1) is 0 Å². The van der Waals surface area contributed by atoms with Crippen LogP contribution in [0.5, 0.6) is 0 Å². The summed E-state index contributed by atoms with van der Waals surface area (Å²) in [5, 5.41) is 8.84. The van der Waals surface area contributed by atoms with E-state index < -0.39 is 11.2 Å². The predicted octanol–water partition coefficient (Wildman–Crippen LogP) is 1.09. The fraction of sp³-hybridized carbons (Fsp3) is 0.643. The van der Waals surface area contributed by atoms with Gasteiger partial charge < -0.3 is 4.90 Å². The molecule has 1 atom stereocenters. The van der Waals surface area contributed by atoms with E-state index in [9.17, 15) is 9.59 Å². The summed E-state index contributed by atoms with van der Waals surface area (Å²) in [5.41, 5.74) is -1.10. The lowest BCUT2D eigenvalue weighted by molar-refractivity contribution is 0.287. The second-order valence-corrected chi connectivity index (χ2v) is 4.84. The summed E-state index contributed by atoms with van der Waals surface area (Å²) in [6.07, 6.45) is 3.15. The zero-order chi connectivity index (χ0) is 15.1. The molecule has 0 aliphatic heterocycles.